The maximum absolute atomic E-state index is 9.39. The summed E-state index contributed by atoms with van der Waals surface area (Å²) in [7, 11) is 1.70. The van der Waals surface area contributed by atoms with Crippen molar-refractivity contribution in [3.05, 3.63) is 40.0 Å². The molecule has 0 aromatic heterocycles. The van der Waals surface area contributed by atoms with Crippen molar-refractivity contribution in [3.8, 4) is 0 Å². The summed E-state index contributed by atoms with van der Waals surface area (Å²) in [6.07, 6.45) is 1.51. The molecule has 3 N–H and O–H groups in total. The van der Waals surface area contributed by atoms with Gasteiger partial charge >= 0.3 is 0 Å². The molecule has 1 aromatic rings. The predicted molar refractivity (Wildman–Crippen MR) is 93.5 cm³/mol. The fourth-order valence-electron chi connectivity index (χ4n) is 3.42. The van der Waals surface area contributed by atoms with Crippen LogP contribution in [0.5, 0.6) is 0 Å². The number of nitrogens with two attached hydrogens (primary N) is 1. The number of fused-ring (bicyclic) bond motifs is 1. The van der Waals surface area contributed by atoms with Crippen molar-refractivity contribution in [1.29, 1.82) is 0 Å². The number of benzene rings is 1. The Bertz CT molecular complexity index is 669. The first kappa shape index (κ1) is 16.4. The molecule has 0 amide bonds. The molecule has 0 saturated carbocycles. The number of nitrogens with zero attached hydrogens (tertiary/aromatic N) is 2. The molecule has 0 unspecified atom stereocenters. The van der Waals surface area contributed by atoms with Gasteiger partial charge in [-0.15, -0.1) is 0 Å². The van der Waals surface area contributed by atoms with Crippen molar-refractivity contribution < 1.29 is 5.11 Å². The second-order valence-electron chi connectivity index (χ2n) is 6.41. The molecule has 0 spiro atoms. The molecule has 118 valence electrons. The summed E-state index contributed by atoms with van der Waals surface area (Å²) in [6.45, 7) is 10.3. The Kier molecular flexibility index (Phi) is 4.52. The average molecular weight is 299 g/mol. The topological polar surface area (TPSA) is 71.0 Å². The number of aliphatic hydroxyl groups excluding tert-OH is 1. The van der Waals surface area contributed by atoms with E-state index in [-0.39, 0.29) is 12.0 Å². The van der Waals surface area contributed by atoms with Crippen molar-refractivity contribution in [2.24, 2.45) is 21.1 Å². The van der Waals surface area contributed by atoms with E-state index < -0.39 is 0 Å². The summed E-state index contributed by atoms with van der Waals surface area (Å²) in [5.74, 6) is 0.516. The standard InChI is InChI=1S/C18H25N3O/c1-11-6-7-13-14(12(11)8-9-22)10-18(2,3)15(16(13)20-4)17(19)21-5/h6-7,22H,4,8-10H2,1-3,5H3,(H2,19,21). The van der Waals surface area contributed by atoms with Crippen LogP contribution in [0.2, 0.25) is 0 Å². The Hall–Kier alpha value is -1.94. The van der Waals surface area contributed by atoms with Gasteiger partial charge in [0, 0.05) is 24.8 Å². The van der Waals surface area contributed by atoms with Crippen LogP contribution in [0.15, 0.2) is 27.7 Å². The molecule has 1 aliphatic carbocycles. The third-order valence-electron chi connectivity index (χ3n) is 4.47. The molecule has 4 heteroatoms. The summed E-state index contributed by atoms with van der Waals surface area (Å²) in [4.78, 5) is 8.44. The lowest BCUT2D eigenvalue weighted by molar-refractivity contribution is 0.298. The first-order chi connectivity index (χ1) is 10.4. The largest absolute Gasteiger partial charge is 0.396 e. The van der Waals surface area contributed by atoms with E-state index in [0.717, 1.165) is 23.3 Å². The van der Waals surface area contributed by atoms with Crippen LogP contribution in [0.25, 0.3) is 5.70 Å². The highest BCUT2D eigenvalue weighted by Crippen LogP contribution is 2.44. The van der Waals surface area contributed by atoms with Crippen LogP contribution < -0.4 is 5.73 Å². The van der Waals surface area contributed by atoms with Crippen LogP contribution in [0.4, 0.5) is 0 Å². The molecule has 22 heavy (non-hydrogen) atoms. The molecular formula is C18H25N3O. The van der Waals surface area contributed by atoms with Crippen molar-refractivity contribution in [1.82, 2.24) is 0 Å². The molecule has 0 bridgehead atoms. The quantitative estimate of drug-likeness (QED) is 0.662. The predicted octanol–water partition coefficient (Wildman–Crippen LogP) is 2.51. The molecule has 0 heterocycles. The molecule has 4 nitrogen and oxygen atoms in total. The number of aliphatic imine (C=N–C) groups is 2. The van der Waals surface area contributed by atoms with E-state index in [9.17, 15) is 5.11 Å². The Balaban J connectivity index is 2.81. The summed E-state index contributed by atoms with van der Waals surface area (Å²) < 4.78 is 0. The summed E-state index contributed by atoms with van der Waals surface area (Å²) in [5.41, 5.74) is 12.4. The minimum absolute atomic E-state index is 0.143. The van der Waals surface area contributed by atoms with E-state index >= 15 is 0 Å². The zero-order chi connectivity index (χ0) is 16.5. The highest BCUT2D eigenvalue weighted by atomic mass is 16.2. The third-order valence-corrected chi connectivity index (χ3v) is 4.47. The lowest BCUT2D eigenvalue weighted by Gasteiger charge is -2.36. The summed E-state index contributed by atoms with van der Waals surface area (Å²) in [6, 6.07) is 4.15. The first-order valence-electron chi connectivity index (χ1n) is 7.54. The maximum Gasteiger partial charge on any atom is 0.123 e. The fraction of sp³-hybridized carbons (Fsp3) is 0.444. The van der Waals surface area contributed by atoms with E-state index in [2.05, 4.69) is 49.6 Å². The smallest absolute Gasteiger partial charge is 0.123 e. The number of amidine groups is 1. The van der Waals surface area contributed by atoms with Gasteiger partial charge in [0.15, 0.2) is 0 Å². The van der Waals surface area contributed by atoms with Gasteiger partial charge in [-0.2, -0.15) is 0 Å². The molecule has 0 aliphatic heterocycles. The molecule has 1 aliphatic rings. The molecule has 1 aromatic carbocycles. The van der Waals surface area contributed by atoms with Crippen molar-refractivity contribution in [2.75, 3.05) is 13.7 Å². The van der Waals surface area contributed by atoms with E-state index in [0.29, 0.717) is 12.3 Å². The highest BCUT2D eigenvalue weighted by Gasteiger charge is 2.36. The zero-order valence-corrected chi connectivity index (χ0v) is 13.9. The van der Waals surface area contributed by atoms with Gasteiger partial charge in [0.2, 0.25) is 0 Å². The van der Waals surface area contributed by atoms with Crippen LogP contribution in [0, 0.1) is 12.3 Å². The molecule has 0 radical (unpaired) electrons. The van der Waals surface area contributed by atoms with Crippen molar-refractivity contribution in [3.63, 3.8) is 0 Å². The van der Waals surface area contributed by atoms with Gasteiger partial charge in [-0.05, 0) is 48.6 Å². The molecule has 2 rings (SSSR count). The SMILES string of the molecule is C=NC1=C(C(N)=NC)C(C)(C)Cc2c1ccc(C)c2CCO. The van der Waals surface area contributed by atoms with Gasteiger partial charge in [-0.1, -0.05) is 26.0 Å². The average Bonchev–Trinajstić information content (AvgIpc) is 2.47. The monoisotopic (exact) mass is 299 g/mol. The number of aryl methyl sites for hydroxylation is 1. The lowest BCUT2D eigenvalue weighted by atomic mass is 9.69. The Morgan fingerprint density at radius 2 is 2.09 bits per heavy atom. The number of hydrogen-bond acceptors (Lipinski definition) is 3. The number of rotatable bonds is 4. The Morgan fingerprint density at radius 3 is 2.64 bits per heavy atom. The molecular weight excluding hydrogens is 274 g/mol. The second kappa shape index (κ2) is 6.05. The first-order valence-corrected chi connectivity index (χ1v) is 7.54. The normalized spacial score (nSPS) is 17.4. The van der Waals surface area contributed by atoms with Crippen LogP contribution in [0.1, 0.15) is 36.1 Å². The molecule has 0 saturated heterocycles. The van der Waals surface area contributed by atoms with E-state index in [1.807, 2.05) is 0 Å². The van der Waals surface area contributed by atoms with Crippen LogP contribution in [-0.4, -0.2) is 31.3 Å². The van der Waals surface area contributed by atoms with Crippen LogP contribution >= 0.6 is 0 Å². The number of aliphatic hydroxyl groups is 1. The maximum atomic E-state index is 9.39. The minimum atomic E-state index is -0.175. The number of hydrogen-bond donors (Lipinski definition) is 2. The van der Waals surface area contributed by atoms with Crippen LogP contribution in [-0.2, 0) is 12.8 Å². The van der Waals surface area contributed by atoms with Crippen molar-refractivity contribution >= 4 is 18.3 Å². The van der Waals surface area contributed by atoms with E-state index in [1.54, 1.807) is 7.05 Å². The summed E-state index contributed by atoms with van der Waals surface area (Å²) >= 11 is 0. The zero-order valence-electron chi connectivity index (χ0n) is 13.9. The van der Waals surface area contributed by atoms with E-state index in [1.165, 1.54) is 16.7 Å². The Morgan fingerprint density at radius 1 is 1.41 bits per heavy atom. The Labute approximate surface area is 132 Å². The third kappa shape index (κ3) is 2.59. The van der Waals surface area contributed by atoms with Gasteiger partial charge in [0.1, 0.15) is 5.84 Å². The minimum Gasteiger partial charge on any atom is -0.396 e. The van der Waals surface area contributed by atoms with Crippen molar-refractivity contribution in [2.45, 2.75) is 33.6 Å². The summed E-state index contributed by atoms with van der Waals surface area (Å²) in [5, 5.41) is 9.39. The van der Waals surface area contributed by atoms with Crippen LogP contribution in [0.3, 0.4) is 0 Å². The fourth-order valence-corrected chi connectivity index (χ4v) is 3.42. The second-order valence-corrected chi connectivity index (χ2v) is 6.41. The van der Waals surface area contributed by atoms with Gasteiger partial charge in [0.05, 0.1) is 5.70 Å². The van der Waals surface area contributed by atoms with Gasteiger partial charge in [-0.3, -0.25) is 9.98 Å². The molecule has 0 atom stereocenters. The highest BCUT2D eigenvalue weighted by molar-refractivity contribution is 6.06. The molecule has 0 fully saturated rings. The van der Waals surface area contributed by atoms with Gasteiger partial charge in [0.25, 0.3) is 0 Å². The lowest BCUT2D eigenvalue weighted by Crippen LogP contribution is -2.33. The van der Waals surface area contributed by atoms with Gasteiger partial charge < -0.3 is 10.8 Å². The van der Waals surface area contributed by atoms with E-state index in [4.69, 9.17) is 5.73 Å². The van der Waals surface area contributed by atoms with Gasteiger partial charge in [-0.25, -0.2) is 0 Å².